The van der Waals surface area contributed by atoms with Crippen LogP contribution in [0.1, 0.15) is 5.56 Å². The normalized spacial score (nSPS) is 16.6. The maximum Gasteiger partial charge on any atom is 0.119 e. The van der Waals surface area contributed by atoms with Gasteiger partial charge in [-0.3, -0.25) is 0 Å². The van der Waals surface area contributed by atoms with Crippen molar-refractivity contribution in [3.63, 3.8) is 0 Å². The van der Waals surface area contributed by atoms with Gasteiger partial charge < -0.3 is 10.5 Å². The lowest BCUT2D eigenvalue weighted by atomic mass is 10.2. The van der Waals surface area contributed by atoms with Crippen molar-refractivity contribution >= 4 is 17.8 Å². The second-order valence-electron chi connectivity index (χ2n) is 3.48. The van der Waals surface area contributed by atoms with Crippen molar-refractivity contribution in [2.75, 3.05) is 18.1 Å². The van der Waals surface area contributed by atoms with Gasteiger partial charge in [-0.2, -0.15) is 11.8 Å². The van der Waals surface area contributed by atoms with Crippen LogP contribution < -0.4 is 10.5 Å². The molecule has 0 unspecified atom stereocenters. The second kappa shape index (κ2) is 5.24. The Kier molecular flexibility index (Phi) is 3.69. The van der Waals surface area contributed by atoms with E-state index in [1.165, 1.54) is 0 Å². The fourth-order valence-electron chi connectivity index (χ4n) is 1.34. The van der Waals surface area contributed by atoms with Gasteiger partial charge >= 0.3 is 0 Å². The van der Waals surface area contributed by atoms with E-state index in [9.17, 15) is 0 Å². The summed E-state index contributed by atoms with van der Waals surface area (Å²) in [6.07, 6.45) is 4.38. The molecule has 2 N–H and O–H groups in total. The minimum atomic E-state index is 0.417. The van der Waals surface area contributed by atoms with Gasteiger partial charge in [-0.05, 0) is 17.7 Å². The summed E-state index contributed by atoms with van der Waals surface area (Å²) < 4.78 is 5.74. The fraction of sp³-hybridized carbons (Fsp3) is 0.333. The molecular formula is C12H15NOS. The zero-order valence-corrected chi connectivity index (χ0v) is 9.37. The zero-order chi connectivity index (χ0) is 10.5. The average Bonchev–Trinajstić information content (AvgIpc) is 2.22. The van der Waals surface area contributed by atoms with Gasteiger partial charge in [0.1, 0.15) is 11.9 Å². The van der Waals surface area contributed by atoms with Gasteiger partial charge in [0.2, 0.25) is 0 Å². The molecule has 15 heavy (non-hydrogen) atoms. The van der Waals surface area contributed by atoms with E-state index >= 15 is 0 Å². The van der Waals surface area contributed by atoms with Crippen molar-refractivity contribution in [3.05, 3.63) is 35.9 Å². The molecule has 0 radical (unpaired) electrons. The summed E-state index contributed by atoms with van der Waals surface area (Å²) in [5.41, 5.74) is 6.55. The highest BCUT2D eigenvalue weighted by Gasteiger charge is 2.19. The predicted molar refractivity (Wildman–Crippen MR) is 66.3 cm³/mol. The summed E-state index contributed by atoms with van der Waals surface area (Å²) in [5, 5.41) is 0. The Morgan fingerprint density at radius 2 is 2.07 bits per heavy atom. The molecule has 1 saturated heterocycles. The largest absolute Gasteiger partial charge is 0.489 e. The number of thioether (sulfide) groups is 1. The van der Waals surface area contributed by atoms with E-state index in [0.29, 0.717) is 12.6 Å². The Morgan fingerprint density at radius 1 is 1.33 bits per heavy atom. The topological polar surface area (TPSA) is 35.2 Å². The van der Waals surface area contributed by atoms with Crippen LogP contribution in [0.3, 0.4) is 0 Å². The molecule has 1 aromatic rings. The molecule has 0 spiro atoms. The number of hydrogen-bond donors (Lipinski definition) is 1. The van der Waals surface area contributed by atoms with Crippen LogP contribution in [0.5, 0.6) is 5.75 Å². The van der Waals surface area contributed by atoms with Crippen LogP contribution in [-0.4, -0.2) is 24.2 Å². The molecule has 1 aromatic carbocycles. The number of benzene rings is 1. The summed E-state index contributed by atoms with van der Waals surface area (Å²) >= 11 is 1.93. The molecular weight excluding hydrogens is 206 g/mol. The summed E-state index contributed by atoms with van der Waals surface area (Å²) in [5.74, 6) is 3.20. The zero-order valence-electron chi connectivity index (χ0n) is 8.56. The molecule has 0 bridgehead atoms. The van der Waals surface area contributed by atoms with Crippen LogP contribution in [0.4, 0.5) is 0 Å². The smallest absolute Gasteiger partial charge is 0.119 e. The molecule has 2 rings (SSSR count). The van der Waals surface area contributed by atoms with Crippen LogP contribution in [0, 0.1) is 0 Å². The van der Waals surface area contributed by atoms with Crippen molar-refractivity contribution in [2.45, 2.75) is 6.10 Å². The van der Waals surface area contributed by atoms with E-state index < -0.39 is 0 Å². The van der Waals surface area contributed by atoms with Crippen molar-refractivity contribution in [1.29, 1.82) is 0 Å². The molecule has 2 nitrogen and oxygen atoms in total. The molecule has 0 saturated carbocycles. The molecule has 1 aliphatic heterocycles. The van der Waals surface area contributed by atoms with Crippen molar-refractivity contribution in [3.8, 4) is 5.75 Å². The second-order valence-corrected chi connectivity index (χ2v) is 4.56. The maximum atomic E-state index is 5.74. The van der Waals surface area contributed by atoms with E-state index in [0.717, 1.165) is 22.8 Å². The number of nitrogens with two attached hydrogens (primary N) is 1. The van der Waals surface area contributed by atoms with Crippen LogP contribution in [0.2, 0.25) is 0 Å². The third-order valence-electron chi connectivity index (χ3n) is 2.24. The minimum absolute atomic E-state index is 0.417. The summed E-state index contributed by atoms with van der Waals surface area (Å²) in [6, 6.07) is 8.12. The van der Waals surface area contributed by atoms with Crippen molar-refractivity contribution in [2.24, 2.45) is 5.73 Å². The SMILES string of the molecule is NC/C=C/c1ccc(OC2CSC2)cc1. The molecule has 0 atom stereocenters. The van der Waals surface area contributed by atoms with Crippen molar-refractivity contribution in [1.82, 2.24) is 0 Å². The average molecular weight is 221 g/mol. The highest BCUT2D eigenvalue weighted by molar-refractivity contribution is 8.00. The van der Waals surface area contributed by atoms with E-state index in [-0.39, 0.29) is 0 Å². The Balaban J connectivity index is 1.93. The van der Waals surface area contributed by atoms with Crippen LogP contribution >= 0.6 is 11.8 Å². The third-order valence-corrected chi connectivity index (χ3v) is 3.45. The highest BCUT2D eigenvalue weighted by atomic mass is 32.2. The van der Waals surface area contributed by atoms with Crippen LogP contribution in [-0.2, 0) is 0 Å². The first-order chi connectivity index (χ1) is 7.38. The van der Waals surface area contributed by atoms with E-state index in [1.54, 1.807) is 0 Å². The van der Waals surface area contributed by atoms with Gasteiger partial charge in [0.15, 0.2) is 0 Å². The predicted octanol–water partition coefficient (Wildman–Crippen LogP) is 2.15. The summed E-state index contributed by atoms with van der Waals surface area (Å²) in [6.45, 7) is 0.581. The lowest BCUT2D eigenvalue weighted by Crippen LogP contribution is -2.30. The van der Waals surface area contributed by atoms with E-state index in [1.807, 2.05) is 48.2 Å². The number of rotatable bonds is 4. The van der Waals surface area contributed by atoms with Gasteiger partial charge in [0.05, 0.1) is 0 Å². The number of ether oxygens (including phenoxy) is 1. The van der Waals surface area contributed by atoms with Crippen LogP contribution in [0.25, 0.3) is 6.08 Å². The molecule has 1 aliphatic rings. The standard InChI is InChI=1S/C12H15NOS/c13-7-1-2-10-3-5-11(6-4-10)14-12-8-15-9-12/h1-6,12H,7-9,13H2/b2-1+. The Hall–Kier alpha value is -0.930. The van der Waals surface area contributed by atoms with E-state index in [4.69, 9.17) is 10.5 Å². The third kappa shape index (κ3) is 3.01. The Labute approximate surface area is 94.5 Å². The first-order valence-corrected chi connectivity index (χ1v) is 6.25. The molecule has 1 fully saturated rings. The van der Waals surface area contributed by atoms with Gasteiger partial charge in [-0.25, -0.2) is 0 Å². The van der Waals surface area contributed by atoms with Gasteiger partial charge in [0, 0.05) is 18.1 Å². The van der Waals surface area contributed by atoms with E-state index in [2.05, 4.69) is 0 Å². The Morgan fingerprint density at radius 3 is 2.60 bits per heavy atom. The monoisotopic (exact) mass is 221 g/mol. The number of hydrogen-bond acceptors (Lipinski definition) is 3. The van der Waals surface area contributed by atoms with Crippen molar-refractivity contribution < 1.29 is 4.74 Å². The lowest BCUT2D eigenvalue weighted by molar-refractivity contribution is 0.240. The van der Waals surface area contributed by atoms with Gasteiger partial charge in [-0.1, -0.05) is 24.3 Å². The molecule has 0 aliphatic carbocycles. The van der Waals surface area contributed by atoms with Crippen LogP contribution in [0.15, 0.2) is 30.3 Å². The molecule has 1 heterocycles. The first kappa shape index (κ1) is 10.6. The lowest BCUT2D eigenvalue weighted by Gasteiger charge is -2.25. The molecule has 3 heteroatoms. The molecule has 80 valence electrons. The molecule has 0 amide bonds. The van der Waals surface area contributed by atoms with Gasteiger partial charge in [-0.15, -0.1) is 0 Å². The fourth-order valence-corrected chi connectivity index (χ4v) is 1.90. The minimum Gasteiger partial charge on any atom is -0.489 e. The molecule has 0 aromatic heterocycles. The van der Waals surface area contributed by atoms with Gasteiger partial charge in [0.25, 0.3) is 0 Å². The first-order valence-electron chi connectivity index (χ1n) is 5.09. The quantitative estimate of drug-likeness (QED) is 0.846. The maximum absolute atomic E-state index is 5.74. The Bertz CT molecular complexity index is 330. The summed E-state index contributed by atoms with van der Waals surface area (Å²) in [4.78, 5) is 0. The summed E-state index contributed by atoms with van der Waals surface area (Å²) in [7, 11) is 0. The highest BCUT2D eigenvalue weighted by Crippen LogP contribution is 2.24.